The van der Waals surface area contributed by atoms with Crippen LogP contribution in [-0.2, 0) is 42.9 Å². The summed E-state index contributed by atoms with van der Waals surface area (Å²) in [6.07, 6.45) is -6.72. The highest BCUT2D eigenvalue weighted by atomic mass is 16.7. The summed E-state index contributed by atoms with van der Waals surface area (Å²) in [4.78, 5) is 60.3. The maximum Gasteiger partial charge on any atom is 0.303 e. The fourth-order valence-corrected chi connectivity index (χ4v) is 4.37. The van der Waals surface area contributed by atoms with E-state index in [1.165, 1.54) is 31.2 Å². The van der Waals surface area contributed by atoms with Crippen molar-refractivity contribution in [1.29, 1.82) is 0 Å². The Morgan fingerprint density at radius 3 is 2.02 bits per heavy atom. The lowest BCUT2D eigenvalue weighted by Gasteiger charge is -2.43. The Hall–Kier alpha value is -4.71. The number of carbonyl (C=O) groups excluding carboxylic acids is 4. The van der Waals surface area contributed by atoms with Crippen molar-refractivity contribution in [3.63, 3.8) is 0 Å². The molecule has 1 saturated heterocycles. The van der Waals surface area contributed by atoms with Crippen LogP contribution in [0.2, 0.25) is 0 Å². The van der Waals surface area contributed by atoms with Gasteiger partial charge in [-0.1, -0.05) is 30.3 Å². The first-order chi connectivity index (χ1) is 19.5. The van der Waals surface area contributed by atoms with Crippen molar-refractivity contribution < 1.29 is 52.0 Å². The van der Waals surface area contributed by atoms with Gasteiger partial charge in [-0.25, -0.2) is 0 Å². The molecule has 2 aromatic carbocycles. The Morgan fingerprint density at radius 2 is 1.39 bits per heavy atom. The molecular formula is C29H28O12. The predicted octanol–water partition coefficient (Wildman–Crippen LogP) is 2.92. The topological polar surface area (TPSA) is 154 Å². The Kier molecular flexibility index (Phi) is 9.03. The van der Waals surface area contributed by atoms with Gasteiger partial charge in [-0.3, -0.25) is 24.0 Å². The van der Waals surface area contributed by atoms with Gasteiger partial charge >= 0.3 is 23.9 Å². The number of hydrogen-bond donors (Lipinski definition) is 0. The van der Waals surface area contributed by atoms with Gasteiger partial charge in [-0.05, 0) is 12.1 Å². The Bertz CT molecular complexity index is 1490. The van der Waals surface area contributed by atoms with E-state index in [1.807, 2.05) is 18.2 Å². The first-order valence-corrected chi connectivity index (χ1v) is 12.6. The van der Waals surface area contributed by atoms with Crippen LogP contribution in [0.3, 0.4) is 0 Å². The van der Waals surface area contributed by atoms with Gasteiger partial charge in [0.15, 0.2) is 17.6 Å². The van der Waals surface area contributed by atoms with Crippen LogP contribution in [-0.4, -0.2) is 61.2 Å². The lowest BCUT2D eigenvalue weighted by atomic mass is 9.98. The van der Waals surface area contributed by atoms with Gasteiger partial charge in [0.2, 0.25) is 12.4 Å². The number of rotatable bonds is 8. The van der Waals surface area contributed by atoms with E-state index in [1.54, 1.807) is 12.1 Å². The summed E-state index contributed by atoms with van der Waals surface area (Å²) >= 11 is 0. The molecule has 5 atom stereocenters. The molecule has 0 radical (unpaired) electrons. The zero-order valence-electron chi connectivity index (χ0n) is 22.7. The van der Waals surface area contributed by atoms with Crippen LogP contribution in [0.1, 0.15) is 27.7 Å². The summed E-state index contributed by atoms with van der Waals surface area (Å²) < 4.78 is 39.3. The zero-order chi connectivity index (χ0) is 29.7. The lowest BCUT2D eigenvalue weighted by Crippen LogP contribution is -2.63. The summed E-state index contributed by atoms with van der Waals surface area (Å²) in [5.41, 5.74) is 0.626. The molecule has 2 heterocycles. The van der Waals surface area contributed by atoms with Crippen LogP contribution in [0.15, 0.2) is 63.8 Å². The van der Waals surface area contributed by atoms with Gasteiger partial charge in [0.05, 0.1) is 5.39 Å². The van der Waals surface area contributed by atoms with Crippen molar-refractivity contribution >= 4 is 34.8 Å². The van der Waals surface area contributed by atoms with Gasteiger partial charge < -0.3 is 32.8 Å². The predicted molar refractivity (Wildman–Crippen MR) is 141 cm³/mol. The highest BCUT2D eigenvalue weighted by Gasteiger charge is 2.53. The minimum absolute atomic E-state index is 0.145. The van der Waals surface area contributed by atoms with E-state index >= 15 is 0 Å². The van der Waals surface area contributed by atoms with E-state index < -0.39 is 61.2 Å². The molecule has 0 N–H and O–H groups in total. The molecule has 0 unspecified atom stereocenters. The molecule has 1 aromatic heterocycles. The summed E-state index contributed by atoms with van der Waals surface area (Å²) in [5, 5.41) is 0.290. The van der Waals surface area contributed by atoms with E-state index in [0.717, 1.165) is 20.8 Å². The van der Waals surface area contributed by atoms with Crippen LogP contribution < -0.4 is 10.2 Å². The molecule has 0 aliphatic carbocycles. The Labute approximate surface area is 234 Å². The number of hydrogen-bond acceptors (Lipinski definition) is 12. The Balaban J connectivity index is 1.73. The second kappa shape index (κ2) is 12.6. The average Bonchev–Trinajstić information content (AvgIpc) is 2.90. The van der Waals surface area contributed by atoms with Gasteiger partial charge in [0.1, 0.15) is 29.8 Å². The maximum absolute atomic E-state index is 12.8. The molecule has 1 aliphatic rings. The first kappa shape index (κ1) is 29.3. The molecule has 0 bridgehead atoms. The molecular weight excluding hydrogens is 540 g/mol. The van der Waals surface area contributed by atoms with Crippen LogP contribution in [0, 0.1) is 0 Å². The van der Waals surface area contributed by atoms with Crippen molar-refractivity contribution in [1.82, 2.24) is 0 Å². The van der Waals surface area contributed by atoms with Gasteiger partial charge in [-0.15, -0.1) is 0 Å². The number of benzene rings is 2. The largest absolute Gasteiger partial charge is 0.463 e. The normalized spacial score (nSPS) is 21.9. The smallest absolute Gasteiger partial charge is 0.303 e. The molecule has 216 valence electrons. The third kappa shape index (κ3) is 7.28. The molecule has 1 aliphatic heterocycles. The zero-order valence-corrected chi connectivity index (χ0v) is 22.7. The standard InChI is InChI=1S/C29H28O12/c1-15(30)35-14-25-26(36-16(2)31)27(37-17(3)32)28(38-18(4)33)29(41-25)39-20-10-11-21-22(34)13-23(40-24(21)12-20)19-8-6-5-7-9-19/h5-13,25-29H,14H2,1-4H3/t25-,26-,27+,28-,29-/m1/s1. The van der Waals surface area contributed by atoms with E-state index in [-0.39, 0.29) is 16.8 Å². The maximum atomic E-state index is 12.8. The SMILES string of the molecule is CC(=O)OC[C@H]1O[C@@H](Oc2ccc3c(=O)cc(-c4ccccc4)oc3c2)[C@H](OC(C)=O)[C@@H](OC(C)=O)[C@@H]1OC(C)=O. The highest BCUT2D eigenvalue weighted by molar-refractivity contribution is 5.80. The third-order valence-electron chi connectivity index (χ3n) is 5.96. The lowest BCUT2D eigenvalue weighted by molar-refractivity contribution is -0.288. The summed E-state index contributed by atoms with van der Waals surface area (Å²) in [6, 6.07) is 14.9. The number of ether oxygens (including phenoxy) is 6. The van der Waals surface area contributed by atoms with Crippen LogP contribution in [0.5, 0.6) is 5.75 Å². The summed E-state index contributed by atoms with van der Waals surface area (Å²) in [6.45, 7) is 4.16. The minimum Gasteiger partial charge on any atom is -0.463 e. The van der Waals surface area contributed by atoms with Crippen molar-refractivity contribution in [2.45, 2.75) is 58.4 Å². The molecule has 4 rings (SSSR count). The average molecular weight is 569 g/mol. The first-order valence-electron chi connectivity index (χ1n) is 12.6. The van der Waals surface area contributed by atoms with Crippen LogP contribution >= 0.6 is 0 Å². The van der Waals surface area contributed by atoms with Crippen LogP contribution in [0.4, 0.5) is 0 Å². The van der Waals surface area contributed by atoms with E-state index in [4.69, 9.17) is 32.8 Å². The summed E-state index contributed by atoms with van der Waals surface area (Å²) in [5.74, 6) is -2.43. The number of carbonyl (C=O) groups is 4. The molecule has 0 amide bonds. The monoisotopic (exact) mass is 568 g/mol. The number of esters is 4. The number of fused-ring (bicyclic) bond motifs is 1. The van der Waals surface area contributed by atoms with Gasteiger partial charge in [-0.2, -0.15) is 0 Å². The highest BCUT2D eigenvalue weighted by Crippen LogP contribution is 2.32. The molecule has 12 heteroatoms. The van der Waals surface area contributed by atoms with E-state index in [9.17, 15) is 24.0 Å². The van der Waals surface area contributed by atoms with Crippen LogP contribution in [0.25, 0.3) is 22.3 Å². The third-order valence-corrected chi connectivity index (χ3v) is 5.96. The molecule has 12 nitrogen and oxygen atoms in total. The second-order valence-corrected chi connectivity index (χ2v) is 9.18. The molecule has 0 spiro atoms. The minimum atomic E-state index is -1.43. The van der Waals surface area contributed by atoms with E-state index in [2.05, 4.69) is 0 Å². The van der Waals surface area contributed by atoms with Crippen molar-refractivity contribution in [3.8, 4) is 17.1 Å². The second-order valence-electron chi connectivity index (χ2n) is 9.18. The molecule has 0 saturated carbocycles. The quantitative estimate of drug-likeness (QED) is 0.290. The van der Waals surface area contributed by atoms with Gasteiger partial charge in [0.25, 0.3) is 0 Å². The molecule has 3 aromatic rings. The van der Waals surface area contributed by atoms with E-state index in [0.29, 0.717) is 16.7 Å². The fourth-order valence-electron chi connectivity index (χ4n) is 4.37. The fraction of sp³-hybridized carbons (Fsp3) is 0.345. The Morgan fingerprint density at radius 1 is 0.756 bits per heavy atom. The van der Waals surface area contributed by atoms with Crippen molar-refractivity contribution in [2.75, 3.05) is 6.61 Å². The molecule has 1 fully saturated rings. The molecule has 41 heavy (non-hydrogen) atoms. The van der Waals surface area contributed by atoms with Crippen molar-refractivity contribution in [3.05, 3.63) is 64.8 Å². The van der Waals surface area contributed by atoms with Crippen molar-refractivity contribution in [2.24, 2.45) is 0 Å². The summed E-state index contributed by atoms with van der Waals surface area (Å²) in [7, 11) is 0. The van der Waals surface area contributed by atoms with Gasteiger partial charge in [0, 0.05) is 45.4 Å².